The number of hydrogen-bond donors (Lipinski definition) is 0. The molecule has 0 N–H and O–H groups in total. The quantitative estimate of drug-likeness (QED) is 0.392. The molecule has 3 heteroatoms. The fraction of sp³-hybridized carbons (Fsp3) is 0. The Kier molecular flexibility index (Phi) is 1.71. The van der Waals surface area contributed by atoms with Crippen molar-refractivity contribution < 1.29 is 0 Å². The first-order valence-corrected chi connectivity index (χ1v) is 4.95. The normalized spacial score (nSPS) is 10.9. The fourth-order valence-electron chi connectivity index (χ4n) is 1.83. The number of aromatic nitrogens is 2. The molecule has 70 valence electrons. The van der Waals surface area contributed by atoms with Gasteiger partial charge in [0.1, 0.15) is 7.85 Å². The van der Waals surface area contributed by atoms with E-state index in [-0.39, 0.29) is 0 Å². The van der Waals surface area contributed by atoms with Gasteiger partial charge in [0.15, 0.2) is 0 Å². The Morgan fingerprint density at radius 3 is 2.93 bits per heavy atom. The summed E-state index contributed by atoms with van der Waals surface area (Å²) in [7, 11) is 2.07. The molecule has 0 saturated heterocycles. The van der Waals surface area contributed by atoms with Gasteiger partial charge >= 0.3 is 0 Å². The molecule has 0 aliphatic heterocycles. The lowest BCUT2D eigenvalue weighted by molar-refractivity contribution is 1.38. The molecule has 0 fully saturated rings. The molecule has 0 bridgehead atoms. The van der Waals surface area contributed by atoms with Crippen LogP contribution in [0.2, 0.25) is 0 Å². The summed E-state index contributed by atoms with van der Waals surface area (Å²) in [6.45, 7) is 0. The van der Waals surface area contributed by atoms with E-state index in [1.54, 1.807) is 0 Å². The van der Waals surface area contributed by atoms with E-state index in [2.05, 4.69) is 36.0 Å². The molecule has 0 atom stereocenters. The second kappa shape index (κ2) is 3.06. The minimum Gasteiger partial charge on any atom is -0.255 e. The average molecular weight is 192 g/mol. The summed E-state index contributed by atoms with van der Waals surface area (Å²) >= 11 is 0. The highest BCUT2D eigenvalue weighted by atomic mass is 14.7. The number of fused-ring (bicyclic) bond motifs is 3. The van der Waals surface area contributed by atoms with Crippen LogP contribution in [0.25, 0.3) is 21.8 Å². The van der Waals surface area contributed by atoms with E-state index in [9.17, 15) is 0 Å². The molecule has 0 saturated carbocycles. The number of rotatable bonds is 0. The average Bonchev–Trinajstić information content (AvgIpc) is 2.28. The minimum absolute atomic E-state index is 1.02. The van der Waals surface area contributed by atoms with Gasteiger partial charge < -0.3 is 0 Å². The van der Waals surface area contributed by atoms with Gasteiger partial charge in [0.2, 0.25) is 0 Å². The number of pyridine rings is 2. The summed E-state index contributed by atoms with van der Waals surface area (Å²) in [4.78, 5) is 8.83. The van der Waals surface area contributed by atoms with Crippen molar-refractivity contribution in [1.29, 1.82) is 0 Å². The molecule has 3 aromatic rings. The summed E-state index contributed by atoms with van der Waals surface area (Å²) in [5.41, 5.74) is 3.27. The zero-order valence-corrected chi connectivity index (χ0v) is 8.44. The first-order chi connectivity index (χ1) is 7.34. The predicted molar refractivity (Wildman–Crippen MR) is 65.2 cm³/mol. The SMILES string of the molecule is Bc1ccc2c(c1)ncc1cccnc12. The van der Waals surface area contributed by atoms with E-state index in [1.807, 2.05) is 24.5 Å². The first-order valence-electron chi connectivity index (χ1n) is 4.95. The summed E-state index contributed by atoms with van der Waals surface area (Å²) < 4.78 is 0. The molecule has 2 heterocycles. The monoisotopic (exact) mass is 192 g/mol. The van der Waals surface area contributed by atoms with Crippen molar-refractivity contribution in [2.45, 2.75) is 0 Å². The second-order valence-electron chi connectivity index (χ2n) is 3.72. The van der Waals surface area contributed by atoms with E-state index in [4.69, 9.17) is 0 Å². The molecular formula is C12H9BN2. The molecule has 0 radical (unpaired) electrons. The zero-order chi connectivity index (χ0) is 10.3. The maximum absolute atomic E-state index is 4.43. The van der Waals surface area contributed by atoms with Gasteiger partial charge in [-0.1, -0.05) is 17.6 Å². The van der Waals surface area contributed by atoms with Crippen molar-refractivity contribution in [2.75, 3.05) is 0 Å². The van der Waals surface area contributed by atoms with Gasteiger partial charge in [-0.25, -0.2) is 0 Å². The van der Waals surface area contributed by atoms with Crippen LogP contribution in [0.5, 0.6) is 0 Å². The third kappa shape index (κ3) is 1.28. The summed E-state index contributed by atoms with van der Waals surface area (Å²) in [5, 5.41) is 2.22. The lowest BCUT2D eigenvalue weighted by atomic mass is 9.95. The van der Waals surface area contributed by atoms with Crippen molar-refractivity contribution >= 4 is 35.1 Å². The Hall–Kier alpha value is -1.90. The standard InChI is InChI=1S/C12H9BN2/c13-9-3-4-10-11(6-9)15-7-8-2-1-5-14-12(8)10/h1-7H,13H2. The maximum atomic E-state index is 4.43. The van der Waals surface area contributed by atoms with Gasteiger partial charge in [0, 0.05) is 23.2 Å². The largest absolute Gasteiger partial charge is 0.255 e. The molecule has 0 amide bonds. The smallest absolute Gasteiger partial charge is 0.139 e. The lowest BCUT2D eigenvalue weighted by Gasteiger charge is -2.02. The highest BCUT2D eigenvalue weighted by Crippen LogP contribution is 2.19. The molecule has 0 unspecified atom stereocenters. The molecule has 1 aromatic carbocycles. The zero-order valence-electron chi connectivity index (χ0n) is 8.44. The van der Waals surface area contributed by atoms with E-state index >= 15 is 0 Å². The van der Waals surface area contributed by atoms with Gasteiger partial charge in [-0.2, -0.15) is 0 Å². The van der Waals surface area contributed by atoms with Gasteiger partial charge in [0.25, 0.3) is 0 Å². The van der Waals surface area contributed by atoms with Gasteiger partial charge in [0.05, 0.1) is 11.0 Å². The highest BCUT2D eigenvalue weighted by molar-refractivity contribution is 6.33. The van der Waals surface area contributed by atoms with Crippen LogP contribution in [-0.2, 0) is 0 Å². The molecule has 0 aliphatic rings. The van der Waals surface area contributed by atoms with E-state index in [0.29, 0.717) is 0 Å². The van der Waals surface area contributed by atoms with Crippen LogP contribution in [0.3, 0.4) is 0 Å². The first kappa shape index (κ1) is 8.42. The Morgan fingerprint density at radius 2 is 2.00 bits per heavy atom. The van der Waals surface area contributed by atoms with Gasteiger partial charge in [-0.3, -0.25) is 9.97 Å². The number of nitrogens with zero attached hydrogens (tertiary/aromatic N) is 2. The molecule has 15 heavy (non-hydrogen) atoms. The summed E-state index contributed by atoms with van der Waals surface area (Å²) in [6.07, 6.45) is 3.70. The summed E-state index contributed by atoms with van der Waals surface area (Å²) in [5.74, 6) is 0. The second-order valence-corrected chi connectivity index (χ2v) is 3.72. The van der Waals surface area contributed by atoms with E-state index < -0.39 is 0 Å². The van der Waals surface area contributed by atoms with E-state index in [0.717, 1.165) is 21.8 Å². The van der Waals surface area contributed by atoms with Gasteiger partial charge in [-0.15, -0.1) is 0 Å². The highest BCUT2D eigenvalue weighted by Gasteiger charge is 2.01. The molecule has 3 rings (SSSR count). The van der Waals surface area contributed by atoms with Crippen LogP contribution in [-0.4, -0.2) is 17.8 Å². The van der Waals surface area contributed by atoms with Crippen LogP contribution >= 0.6 is 0 Å². The number of benzene rings is 1. The van der Waals surface area contributed by atoms with Crippen molar-refractivity contribution in [1.82, 2.24) is 9.97 Å². The topological polar surface area (TPSA) is 25.8 Å². The minimum atomic E-state index is 1.02. The molecule has 2 aromatic heterocycles. The van der Waals surface area contributed by atoms with Crippen molar-refractivity contribution in [3.05, 3.63) is 42.7 Å². The van der Waals surface area contributed by atoms with Crippen LogP contribution in [0, 0.1) is 0 Å². The predicted octanol–water partition coefficient (Wildman–Crippen LogP) is 1.04. The fourth-order valence-corrected chi connectivity index (χ4v) is 1.83. The Labute approximate surface area is 88.4 Å². The lowest BCUT2D eigenvalue weighted by Crippen LogP contribution is -2.00. The van der Waals surface area contributed by atoms with Crippen molar-refractivity contribution in [2.24, 2.45) is 0 Å². The van der Waals surface area contributed by atoms with E-state index in [1.165, 1.54) is 5.46 Å². The van der Waals surface area contributed by atoms with Gasteiger partial charge in [-0.05, 0) is 18.2 Å². The van der Waals surface area contributed by atoms with Crippen LogP contribution in [0.4, 0.5) is 0 Å². The maximum Gasteiger partial charge on any atom is 0.139 e. The molecule has 2 nitrogen and oxygen atoms in total. The number of hydrogen-bond acceptors (Lipinski definition) is 2. The Morgan fingerprint density at radius 1 is 1.07 bits per heavy atom. The van der Waals surface area contributed by atoms with Crippen molar-refractivity contribution in [3.63, 3.8) is 0 Å². The molecule has 0 spiro atoms. The molecular weight excluding hydrogens is 183 g/mol. The Bertz CT molecular complexity index is 649. The van der Waals surface area contributed by atoms with Crippen molar-refractivity contribution in [3.8, 4) is 0 Å². The van der Waals surface area contributed by atoms with Crippen LogP contribution < -0.4 is 5.46 Å². The van der Waals surface area contributed by atoms with Crippen LogP contribution in [0.1, 0.15) is 0 Å². The third-order valence-electron chi connectivity index (χ3n) is 2.59. The third-order valence-corrected chi connectivity index (χ3v) is 2.59. The Balaban J connectivity index is 2.55. The molecule has 0 aliphatic carbocycles. The summed E-state index contributed by atoms with van der Waals surface area (Å²) in [6, 6.07) is 10.2. The van der Waals surface area contributed by atoms with Crippen LogP contribution in [0.15, 0.2) is 42.7 Å².